The number of rotatable bonds is 1. The summed E-state index contributed by atoms with van der Waals surface area (Å²) in [4.78, 5) is 4.68. The summed E-state index contributed by atoms with van der Waals surface area (Å²) in [7, 11) is 0. The Balaban J connectivity index is 1.78. The van der Waals surface area contributed by atoms with Crippen molar-refractivity contribution in [2.75, 3.05) is 26.2 Å². The summed E-state index contributed by atoms with van der Waals surface area (Å²) in [5.41, 5.74) is 5.57. The number of hydrogen-bond donors (Lipinski definition) is 1. The van der Waals surface area contributed by atoms with Crippen LogP contribution in [0, 0.1) is 0 Å². The molecule has 1 aliphatic heterocycles. The van der Waals surface area contributed by atoms with Crippen molar-refractivity contribution in [3.05, 3.63) is 0 Å². The van der Waals surface area contributed by atoms with Gasteiger partial charge < -0.3 is 10.6 Å². The van der Waals surface area contributed by atoms with Gasteiger partial charge in [0.1, 0.15) is 0 Å². The predicted octanol–water partition coefficient (Wildman–Crippen LogP) is 0.400. The lowest BCUT2D eigenvalue weighted by Gasteiger charge is -2.43. The lowest BCUT2D eigenvalue weighted by Crippen LogP contribution is -2.54. The fourth-order valence-corrected chi connectivity index (χ4v) is 2.24. The van der Waals surface area contributed by atoms with Crippen molar-refractivity contribution in [2.45, 2.75) is 25.3 Å². The SMILES string of the molecule is NC(=S)N1CCN(C2CCC2)CC1. The zero-order valence-corrected chi connectivity index (χ0v) is 8.72. The molecule has 2 N–H and O–H groups in total. The van der Waals surface area contributed by atoms with Gasteiger partial charge in [-0.15, -0.1) is 0 Å². The van der Waals surface area contributed by atoms with Crippen LogP contribution < -0.4 is 5.73 Å². The van der Waals surface area contributed by atoms with Gasteiger partial charge in [0.2, 0.25) is 0 Å². The summed E-state index contributed by atoms with van der Waals surface area (Å²) in [5.74, 6) is 0. The topological polar surface area (TPSA) is 32.5 Å². The second-order valence-corrected chi connectivity index (χ2v) is 4.36. The predicted molar refractivity (Wildman–Crippen MR) is 57.6 cm³/mol. The van der Waals surface area contributed by atoms with Gasteiger partial charge in [0.25, 0.3) is 0 Å². The Morgan fingerprint density at radius 1 is 1.15 bits per heavy atom. The lowest BCUT2D eigenvalue weighted by atomic mass is 9.91. The van der Waals surface area contributed by atoms with Gasteiger partial charge in [0.15, 0.2) is 5.11 Å². The first-order valence-electron chi connectivity index (χ1n) is 5.06. The summed E-state index contributed by atoms with van der Waals surface area (Å²) in [6.45, 7) is 4.32. The van der Waals surface area contributed by atoms with E-state index in [1.165, 1.54) is 19.3 Å². The Labute approximate surface area is 84.9 Å². The van der Waals surface area contributed by atoms with Crippen LogP contribution in [0.5, 0.6) is 0 Å². The van der Waals surface area contributed by atoms with Crippen LogP contribution in [0.2, 0.25) is 0 Å². The molecule has 1 saturated carbocycles. The Bertz CT molecular complexity index is 195. The monoisotopic (exact) mass is 199 g/mol. The number of hydrogen-bond acceptors (Lipinski definition) is 2. The molecule has 0 aromatic carbocycles. The second-order valence-electron chi connectivity index (χ2n) is 3.95. The molecule has 2 fully saturated rings. The zero-order valence-electron chi connectivity index (χ0n) is 7.91. The Morgan fingerprint density at radius 3 is 2.15 bits per heavy atom. The van der Waals surface area contributed by atoms with E-state index in [-0.39, 0.29) is 0 Å². The molecule has 3 nitrogen and oxygen atoms in total. The molecule has 13 heavy (non-hydrogen) atoms. The summed E-state index contributed by atoms with van der Waals surface area (Å²) in [5, 5.41) is 0.563. The van der Waals surface area contributed by atoms with E-state index in [9.17, 15) is 0 Å². The van der Waals surface area contributed by atoms with Crippen molar-refractivity contribution in [3.63, 3.8) is 0 Å². The van der Waals surface area contributed by atoms with Gasteiger partial charge >= 0.3 is 0 Å². The summed E-state index contributed by atoms with van der Waals surface area (Å²) in [6, 6.07) is 0.869. The van der Waals surface area contributed by atoms with Gasteiger partial charge in [-0.05, 0) is 25.1 Å². The van der Waals surface area contributed by atoms with Crippen LogP contribution in [0.1, 0.15) is 19.3 Å². The molecule has 2 aliphatic rings. The van der Waals surface area contributed by atoms with Gasteiger partial charge in [-0.3, -0.25) is 4.90 Å². The minimum atomic E-state index is 0.563. The van der Waals surface area contributed by atoms with Crippen molar-refractivity contribution in [1.29, 1.82) is 0 Å². The minimum absolute atomic E-state index is 0.563. The fourth-order valence-electron chi connectivity index (χ4n) is 2.06. The van der Waals surface area contributed by atoms with Crippen LogP contribution in [0.25, 0.3) is 0 Å². The van der Waals surface area contributed by atoms with Gasteiger partial charge in [-0.1, -0.05) is 6.42 Å². The zero-order chi connectivity index (χ0) is 9.26. The maximum Gasteiger partial charge on any atom is 0.166 e. The minimum Gasteiger partial charge on any atom is -0.376 e. The number of nitrogens with zero attached hydrogens (tertiary/aromatic N) is 2. The first-order valence-corrected chi connectivity index (χ1v) is 5.46. The van der Waals surface area contributed by atoms with E-state index in [0.717, 1.165) is 32.2 Å². The van der Waals surface area contributed by atoms with Crippen LogP contribution in [-0.2, 0) is 0 Å². The summed E-state index contributed by atoms with van der Waals surface area (Å²) >= 11 is 4.95. The number of nitrogens with two attached hydrogens (primary N) is 1. The molecular formula is C9H17N3S. The highest BCUT2D eigenvalue weighted by molar-refractivity contribution is 7.80. The van der Waals surface area contributed by atoms with E-state index < -0.39 is 0 Å². The van der Waals surface area contributed by atoms with Gasteiger partial charge in [0.05, 0.1) is 0 Å². The molecule has 0 aromatic rings. The fraction of sp³-hybridized carbons (Fsp3) is 0.889. The summed E-state index contributed by atoms with van der Waals surface area (Å²) < 4.78 is 0. The molecule has 0 amide bonds. The van der Waals surface area contributed by atoms with Gasteiger partial charge in [-0.25, -0.2) is 0 Å². The molecule has 74 valence electrons. The quantitative estimate of drug-likeness (QED) is 0.620. The van der Waals surface area contributed by atoms with Crippen LogP contribution in [0.4, 0.5) is 0 Å². The molecule has 0 aromatic heterocycles. The van der Waals surface area contributed by atoms with Crippen molar-refractivity contribution >= 4 is 17.3 Å². The normalized spacial score (nSPS) is 25.7. The van der Waals surface area contributed by atoms with Crippen LogP contribution in [0.3, 0.4) is 0 Å². The molecule has 1 aliphatic carbocycles. The molecule has 0 bridgehead atoms. The highest BCUT2D eigenvalue weighted by Crippen LogP contribution is 2.25. The maximum absolute atomic E-state index is 5.57. The van der Waals surface area contributed by atoms with Crippen molar-refractivity contribution in [2.24, 2.45) is 5.73 Å². The van der Waals surface area contributed by atoms with Gasteiger partial charge in [0, 0.05) is 32.2 Å². The highest BCUT2D eigenvalue weighted by Gasteiger charge is 2.27. The standard InChI is InChI=1S/C9H17N3S/c10-9(13)12-6-4-11(5-7-12)8-2-1-3-8/h8H,1-7H2,(H2,10,13). The molecule has 4 heteroatoms. The third kappa shape index (κ3) is 1.94. The average molecular weight is 199 g/mol. The van der Waals surface area contributed by atoms with E-state index in [2.05, 4.69) is 9.80 Å². The van der Waals surface area contributed by atoms with E-state index in [0.29, 0.717) is 5.11 Å². The van der Waals surface area contributed by atoms with E-state index in [4.69, 9.17) is 18.0 Å². The first kappa shape index (κ1) is 9.21. The second kappa shape index (κ2) is 3.80. The smallest absolute Gasteiger partial charge is 0.166 e. The van der Waals surface area contributed by atoms with Crippen molar-refractivity contribution < 1.29 is 0 Å². The Kier molecular flexibility index (Phi) is 2.69. The van der Waals surface area contributed by atoms with Gasteiger partial charge in [-0.2, -0.15) is 0 Å². The van der Waals surface area contributed by atoms with Crippen molar-refractivity contribution in [3.8, 4) is 0 Å². The summed E-state index contributed by atoms with van der Waals surface area (Å²) in [6.07, 6.45) is 4.21. The molecule has 0 spiro atoms. The molecular weight excluding hydrogens is 182 g/mol. The number of thiocarbonyl (C=S) groups is 1. The maximum atomic E-state index is 5.57. The molecule has 2 rings (SSSR count). The third-order valence-electron chi connectivity index (χ3n) is 3.22. The lowest BCUT2D eigenvalue weighted by molar-refractivity contribution is 0.0858. The Morgan fingerprint density at radius 2 is 1.77 bits per heavy atom. The van der Waals surface area contributed by atoms with Crippen LogP contribution in [0.15, 0.2) is 0 Å². The van der Waals surface area contributed by atoms with E-state index in [1.807, 2.05) is 0 Å². The van der Waals surface area contributed by atoms with E-state index >= 15 is 0 Å². The average Bonchev–Trinajstić information content (AvgIpc) is 2.02. The number of piperazine rings is 1. The first-order chi connectivity index (χ1) is 6.27. The largest absolute Gasteiger partial charge is 0.376 e. The molecule has 0 radical (unpaired) electrons. The molecule has 0 atom stereocenters. The molecule has 1 saturated heterocycles. The third-order valence-corrected chi connectivity index (χ3v) is 3.48. The Hall–Kier alpha value is -0.350. The molecule has 1 heterocycles. The van der Waals surface area contributed by atoms with Crippen molar-refractivity contribution in [1.82, 2.24) is 9.80 Å². The molecule has 0 unspecified atom stereocenters. The van der Waals surface area contributed by atoms with Crippen LogP contribution >= 0.6 is 12.2 Å². The van der Waals surface area contributed by atoms with E-state index in [1.54, 1.807) is 0 Å². The highest BCUT2D eigenvalue weighted by atomic mass is 32.1. The van der Waals surface area contributed by atoms with Crippen LogP contribution in [-0.4, -0.2) is 47.1 Å².